The Balaban J connectivity index is 0. The molecule has 0 aromatic rings. The van der Waals surface area contributed by atoms with E-state index < -0.39 is 0 Å². The summed E-state index contributed by atoms with van der Waals surface area (Å²) in [5.41, 5.74) is 0. The van der Waals surface area contributed by atoms with Gasteiger partial charge in [0.25, 0.3) is 0 Å². The Kier molecular flexibility index (Phi) is 19.9. The third kappa shape index (κ3) is 10.5. The van der Waals surface area contributed by atoms with Crippen LogP contribution in [0.15, 0.2) is 0 Å². The van der Waals surface area contributed by atoms with E-state index in [2.05, 4.69) is 15.9 Å². The molecule has 0 saturated heterocycles. The van der Waals surface area contributed by atoms with E-state index in [0.717, 1.165) is 5.33 Å². The van der Waals surface area contributed by atoms with Crippen molar-refractivity contribution < 1.29 is 0 Å². The van der Waals surface area contributed by atoms with Crippen LogP contribution in [0.3, 0.4) is 0 Å². The van der Waals surface area contributed by atoms with Crippen LogP contribution in [-0.4, -0.2) is 28.4 Å². The van der Waals surface area contributed by atoms with E-state index in [1.165, 1.54) is 0 Å². The van der Waals surface area contributed by atoms with Crippen LogP contribution in [0.2, 0.25) is 0 Å². The number of rotatable bonds is 0. The highest BCUT2D eigenvalue weighted by atomic mass is 79.9. The first kappa shape index (κ1) is 8.98. The molecule has 0 rings (SSSR count). The molecule has 0 aliphatic rings. The molecular formula is C2H7BrMg. The van der Waals surface area contributed by atoms with E-state index in [9.17, 15) is 0 Å². The summed E-state index contributed by atoms with van der Waals surface area (Å²) in [5.74, 6) is 0. The lowest BCUT2D eigenvalue weighted by atomic mass is 11.0. The van der Waals surface area contributed by atoms with E-state index in [1.54, 1.807) is 0 Å². The summed E-state index contributed by atoms with van der Waals surface area (Å²) < 4.78 is 0. The highest BCUT2D eigenvalue weighted by Gasteiger charge is 1.38. The molecule has 24 valence electrons. The Morgan fingerprint density at radius 3 is 1.75 bits per heavy atom. The van der Waals surface area contributed by atoms with Crippen molar-refractivity contribution in [3.8, 4) is 0 Å². The smallest absolute Gasteiger partial charge is 0.0931 e. The van der Waals surface area contributed by atoms with Crippen molar-refractivity contribution in [1.29, 1.82) is 0 Å². The van der Waals surface area contributed by atoms with E-state index in [4.69, 9.17) is 0 Å². The van der Waals surface area contributed by atoms with Crippen molar-refractivity contribution in [3.63, 3.8) is 0 Å². The molecule has 0 saturated carbocycles. The van der Waals surface area contributed by atoms with Gasteiger partial charge in [-0.2, -0.15) is 0 Å². The first-order valence-electron chi connectivity index (χ1n) is 0.974. The normalized spacial score (nSPS) is 4.50. The Labute approximate surface area is 51.2 Å². The molecule has 0 aliphatic carbocycles. The number of halogens is 1. The summed E-state index contributed by atoms with van der Waals surface area (Å²) >= 11 is 3.15. The number of alkyl halides is 1. The summed E-state index contributed by atoms with van der Waals surface area (Å²) in [4.78, 5) is 0. The van der Waals surface area contributed by atoms with E-state index in [-0.39, 0.29) is 23.1 Å². The predicted octanol–water partition coefficient (Wildman–Crippen LogP) is 0.485. The zero-order chi connectivity index (χ0) is 2.71. The van der Waals surface area contributed by atoms with Crippen molar-refractivity contribution in [1.82, 2.24) is 0 Å². The van der Waals surface area contributed by atoms with Crippen molar-refractivity contribution in [2.24, 2.45) is 0 Å². The monoisotopic (exact) mass is 134 g/mol. The summed E-state index contributed by atoms with van der Waals surface area (Å²) in [6, 6.07) is 0. The zero-order valence-electron chi connectivity index (χ0n) is 2.09. The van der Waals surface area contributed by atoms with Gasteiger partial charge in [-0.15, -0.1) is 0 Å². The van der Waals surface area contributed by atoms with Gasteiger partial charge in [0.15, 0.2) is 0 Å². The lowest BCUT2D eigenvalue weighted by Gasteiger charge is -1.45. The fraction of sp³-hybridized carbons (Fsp3) is 1.00. The second kappa shape index (κ2) is 8.87. The summed E-state index contributed by atoms with van der Waals surface area (Å²) in [7, 11) is 0. The van der Waals surface area contributed by atoms with Gasteiger partial charge in [0.2, 0.25) is 0 Å². The van der Waals surface area contributed by atoms with Gasteiger partial charge in [-0.3, -0.25) is 0 Å². The van der Waals surface area contributed by atoms with Crippen LogP contribution in [0, 0.1) is 0 Å². The van der Waals surface area contributed by atoms with Crippen LogP contribution in [0.5, 0.6) is 0 Å². The molecule has 0 aromatic heterocycles. The van der Waals surface area contributed by atoms with Gasteiger partial charge in [0, 0.05) is 5.33 Å². The first-order chi connectivity index (χ1) is 1.41. The van der Waals surface area contributed by atoms with Crippen molar-refractivity contribution >= 4 is 39.0 Å². The highest BCUT2D eigenvalue weighted by Crippen LogP contribution is 1.67. The molecule has 0 aromatic carbocycles. The molecule has 0 atom stereocenters. The Morgan fingerprint density at radius 1 is 1.75 bits per heavy atom. The fourth-order valence-corrected chi connectivity index (χ4v) is 0. The van der Waals surface area contributed by atoms with Crippen LogP contribution in [0.4, 0.5) is 0 Å². The van der Waals surface area contributed by atoms with Gasteiger partial charge >= 0.3 is 23.1 Å². The lowest BCUT2D eigenvalue weighted by molar-refractivity contribution is 1.56. The van der Waals surface area contributed by atoms with Crippen LogP contribution in [0.1, 0.15) is 6.92 Å². The van der Waals surface area contributed by atoms with Crippen molar-refractivity contribution in [2.75, 3.05) is 5.33 Å². The van der Waals surface area contributed by atoms with Gasteiger partial charge in [0.1, 0.15) is 0 Å². The minimum Gasteiger partial charge on any atom is -0.0931 e. The van der Waals surface area contributed by atoms with Crippen molar-refractivity contribution in [2.45, 2.75) is 6.92 Å². The molecule has 0 amide bonds. The third-order valence-electron chi connectivity index (χ3n) is 0. The predicted molar refractivity (Wildman–Crippen MR) is 28.0 cm³/mol. The number of hydrogen-bond donors (Lipinski definition) is 0. The molecule has 0 aliphatic heterocycles. The van der Waals surface area contributed by atoms with Gasteiger partial charge in [-0.25, -0.2) is 0 Å². The molecule has 0 radical (unpaired) electrons. The van der Waals surface area contributed by atoms with Crippen LogP contribution < -0.4 is 0 Å². The summed E-state index contributed by atoms with van der Waals surface area (Å²) in [6.45, 7) is 2.04. The first-order valence-corrected chi connectivity index (χ1v) is 2.10. The maximum atomic E-state index is 3.15. The molecule has 0 heterocycles. The topological polar surface area (TPSA) is 0 Å². The molecule has 0 nitrogen and oxygen atoms in total. The van der Waals surface area contributed by atoms with Gasteiger partial charge in [0.05, 0.1) is 0 Å². The number of hydrogen-bond acceptors (Lipinski definition) is 0. The van der Waals surface area contributed by atoms with Crippen LogP contribution in [-0.2, 0) is 0 Å². The Morgan fingerprint density at radius 2 is 1.75 bits per heavy atom. The fourth-order valence-electron chi connectivity index (χ4n) is 0. The summed E-state index contributed by atoms with van der Waals surface area (Å²) in [5, 5.41) is 1.06. The van der Waals surface area contributed by atoms with Gasteiger partial charge in [-0.1, -0.05) is 22.9 Å². The zero-order valence-corrected chi connectivity index (χ0v) is 3.67. The second-order valence-corrected chi connectivity index (χ2v) is 1.39. The van der Waals surface area contributed by atoms with Crippen LogP contribution >= 0.6 is 15.9 Å². The third-order valence-corrected chi connectivity index (χ3v) is 0. The minimum absolute atomic E-state index is 0. The van der Waals surface area contributed by atoms with E-state index in [1.807, 2.05) is 6.92 Å². The van der Waals surface area contributed by atoms with Crippen molar-refractivity contribution in [3.05, 3.63) is 0 Å². The quantitative estimate of drug-likeness (QED) is 0.335. The van der Waals surface area contributed by atoms with E-state index in [0.29, 0.717) is 0 Å². The molecular weight excluding hydrogens is 128 g/mol. The maximum Gasteiger partial charge on any atom is 0.316 e. The lowest BCUT2D eigenvalue weighted by Crippen LogP contribution is -1.34. The minimum atomic E-state index is 0. The summed E-state index contributed by atoms with van der Waals surface area (Å²) in [6.07, 6.45) is 0. The molecule has 2 heteroatoms. The highest BCUT2D eigenvalue weighted by molar-refractivity contribution is 9.09. The standard InChI is InChI=1S/C2H5Br.Mg.2H/c1-2-3;;;/h2H2,1H3;;;. The van der Waals surface area contributed by atoms with Gasteiger partial charge in [-0.05, 0) is 0 Å². The molecule has 4 heavy (non-hydrogen) atoms. The Bertz CT molecular complexity index is 6.00. The van der Waals surface area contributed by atoms with Crippen LogP contribution in [0.25, 0.3) is 0 Å². The average molecular weight is 135 g/mol. The molecule has 0 spiro atoms. The Hall–Kier alpha value is 1.25. The van der Waals surface area contributed by atoms with E-state index >= 15 is 0 Å². The SMILES string of the molecule is CCBr.[MgH2]. The molecule has 0 fully saturated rings. The largest absolute Gasteiger partial charge is 0.316 e. The maximum absolute atomic E-state index is 3.15. The molecule has 0 unspecified atom stereocenters. The van der Waals surface area contributed by atoms with Gasteiger partial charge < -0.3 is 0 Å². The second-order valence-electron chi connectivity index (χ2n) is 0.267. The molecule has 0 bridgehead atoms. The molecule has 0 N–H and O–H groups in total. The average Bonchev–Trinajstić information content (AvgIpc) is 0.918.